The average Bonchev–Trinajstić information content (AvgIpc) is 3.27. The van der Waals surface area contributed by atoms with E-state index in [-0.39, 0.29) is 19.1 Å². The van der Waals surface area contributed by atoms with Gasteiger partial charge in [0, 0.05) is 17.5 Å². The number of para-hydroxylation sites is 1. The average molecular weight is 380 g/mol. The molecule has 1 N–H and O–H groups in total. The minimum atomic E-state index is -1.19. The predicted molar refractivity (Wildman–Crippen MR) is 95.4 cm³/mol. The summed E-state index contributed by atoms with van der Waals surface area (Å²) in [5.74, 6) is 0.787. The number of rotatable bonds is 3. The fourth-order valence-electron chi connectivity index (χ4n) is 3.82. The fourth-order valence-corrected chi connectivity index (χ4v) is 3.82. The summed E-state index contributed by atoms with van der Waals surface area (Å²) in [7, 11) is 0. The van der Waals surface area contributed by atoms with Crippen LogP contribution in [0, 0.1) is 0 Å². The Morgan fingerprint density at radius 1 is 1.04 bits per heavy atom. The first-order valence-corrected chi connectivity index (χ1v) is 8.88. The van der Waals surface area contributed by atoms with Crippen LogP contribution in [0.3, 0.4) is 0 Å². The molecule has 3 amide bonds. The molecule has 1 fully saturated rings. The zero-order chi connectivity index (χ0) is 19.3. The molecule has 2 aromatic rings. The van der Waals surface area contributed by atoms with E-state index in [9.17, 15) is 14.4 Å². The van der Waals surface area contributed by atoms with E-state index >= 15 is 0 Å². The number of hydrogen-bond acceptors (Lipinski definition) is 6. The van der Waals surface area contributed by atoms with E-state index in [1.165, 1.54) is 0 Å². The predicted octanol–water partition coefficient (Wildman–Crippen LogP) is 1.83. The molecule has 3 aliphatic heterocycles. The van der Waals surface area contributed by atoms with E-state index in [2.05, 4.69) is 5.32 Å². The van der Waals surface area contributed by atoms with Gasteiger partial charge in [-0.15, -0.1) is 0 Å². The number of carbonyl (C=O) groups excluding carboxylic acids is 3. The Kier molecular flexibility index (Phi) is 3.55. The Morgan fingerprint density at radius 3 is 2.75 bits per heavy atom. The third kappa shape index (κ3) is 2.34. The normalized spacial score (nSPS) is 22.1. The summed E-state index contributed by atoms with van der Waals surface area (Å²) in [6.45, 7) is 0.0477. The first-order valence-electron chi connectivity index (χ1n) is 8.88. The maximum Gasteiger partial charge on any atom is 0.325 e. The van der Waals surface area contributed by atoms with Crippen molar-refractivity contribution < 1.29 is 28.6 Å². The smallest absolute Gasteiger partial charge is 0.325 e. The zero-order valence-electron chi connectivity index (χ0n) is 14.8. The highest BCUT2D eigenvalue weighted by molar-refractivity contribution is 6.11. The number of amides is 3. The van der Waals surface area contributed by atoms with E-state index in [1.807, 2.05) is 0 Å². The number of carbonyl (C=O) groups is 3. The fraction of sp³-hybridized carbons (Fsp3) is 0.250. The molecule has 2 aromatic carbocycles. The Bertz CT molecular complexity index is 1020. The molecule has 8 heteroatoms. The number of nitrogens with one attached hydrogen (secondary N) is 1. The summed E-state index contributed by atoms with van der Waals surface area (Å²) in [5.41, 5.74) is -0.239. The summed E-state index contributed by atoms with van der Waals surface area (Å²) >= 11 is 0. The summed E-state index contributed by atoms with van der Waals surface area (Å²) in [4.78, 5) is 39.5. The van der Waals surface area contributed by atoms with Crippen molar-refractivity contribution in [3.05, 3.63) is 53.6 Å². The SMILES string of the molecule is O=C(CN1C(=O)N[C@]2(CCOc3ccccc32)C1=O)c1ccc2c(c1)OCO2. The quantitative estimate of drug-likeness (QED) is 0.645. The lowest BCUT2D eigenvalue weighted by Crippen LogP contribution is -2.47. The van der Waals surface area contributed by atoms with Gasteiger partial charge in [-0.2, -0.15) is 0 Å². The zero-order valence-corrected chi connectivity index (χ0v) is 14.8. The number of Topliss-reactive ketones (excluding diaryl/α,β-unsaturated/α-hetero) is 1. The van der Waals surface area contributed by atoms with Crippen molar-refractivity contribution in [2.45, 2.75) is 12.0 Å². The number of benzene rings is 2. The monoisotopic (exact) mass is 380 g/mol. The van der Waals surface area contributed by atoms with Crippen LogP contribution in [0.1, 0.15) is 22.3 Å². The molecule has 1 atom stereocenters. The molecule has 3 aliphatic rings. The number of imide groups is 1. The lowest BCUT2D eigenvalue weighted by molar-refractivity contribution is -0.132. The van der Waals surface area contributed by atoms with Crippen molar-refractivity contribution in [1.82, 2.24) is 10.2 Å². The van der Waals surface area contributed by atoms with Gasteiger partial charge in [-0.3, -0.25) is 14.5 Å². The van der Waals surface area contributed by atoms with Gasteiger partial charge in [-0.25, -0.2) is 4.79 Å². The maximum atomic E-state index is 13.2. The summed E-state index contributed by atoms with van der Waals surface area (Å²) in [5, 5.41) is 2.78. The Balaban J connectivity index is 1.42. The van der Waals surface area contributed by atoms with Gasteiger partial charge in [-0.05, 0) is 24.3 Å². The topological polar surface area (TPSA) is 94.2 Å². The van der Waals surface area contributed by atoms with E-state index < -0.39 is 17.5 Å². The molecule has 0 bridgehead atoms. The van der Waals surface area contributed by atoms with Crippen LogP contribution in [0.15, 0.2) is 42.5 Å². The van der Waals surface area contributed by atoms with E-state index in [4.69, 9.17) is 14.2 Å². The lowest BCUT2D eigenvalue weighted by Gasteiger charge is -2.33. The van der Waals surface area contributed by atoms with E-state index in [0.717, 1.165) is 4.90 Å². The van der Waals surface area contributed by atoms with Gasteiger partial charge in [-0.1, -0.05) is 18.2 Å². The van der Waals surface area contributed by atoms with E-state index in [1.54, 1.807) is 42.5 Å². The van der Waals surface area contributed by atoms with Gasteiger partial charge in [0.2, 0.25) is 6.79 Å². The number of nitrogens with zero attached hydrogens (tertiary/aromatic N) is 1. The van der Waals surface area contributed by atoms with Crippen LogP contribution in [-0.4, -0.2) is 42.6 Å². The standard InChI is InChI=1S/C20H16N2O6/c23-14(12-5-6-16-17(9-12)28-11-27-16)10-22-18(24)20(21-19(22)25)7-8-26-15-4-2-1-3-13(15)20/h1-6,9H,7-8,10-11H2,(H,21,25)/t20-/m0/s1. The maximum absolute atomic E-state index is 13.2. The van der Waals surface area contributed by atoms with Crippen LogP contribution in [0.2, 0.25) is 0 Å². The second-order valence-electron chi connectivity index (χ2n) is 6.81. The number of ether oxygens (including phenoxy) is 3. The highest BCUT2D eigenvalue weighted by atomic mass is 16.7. The van der Waals surface area contributed by atoms with Crippen LogP contribution >= 0.6 is 0 Å². The Labute approximate surface area is 160 Å². The number of ketones is 1. The summed E-state index contributed by atoms with van der Waals surface area (Å²) in [6, 6.07) is 11.3. The first kappa shape index (κ1) is 16.6. The van der Waals surface area contributed by atoms with Crippen molar-refractivity contribution in [3.8, 4) is 17.2 Å². The molecule has 0 unspecified atom stereocenters. The molecular weight excluding hydrogens is 364 g/mol. The van der Waals surface area contributed by atoms with Crippen molar-refractivity contribution in [2.75, 3.05) is 19.9 Å². The Hall–Kier alpha value is -3.55. The number of hydrogen-bond donors (Lipinski definition) is 1. The molecule has 28 heavy (non-hydrogen) atoms. The molecule has 5 rings (SSSR count). The van der Waals surface area contributed by atoms with Gasteiger partial charge >= 0.3 is 6.03 Å². The highest BCUT2D eigenvalue weighted by Gasteiger charge is 2.55. The third-order valence-electron chi connectivity index (χ3n) is 5.25. The van der Waals surface area contributed by atoms with Crippen molar-refractivity contribution >= 4 is 17.7 Å². The minimum Gasteiger partial charge on any atom is -0.493 e. The number of fused-ring (bicyclic) bond motifs is 3. The van der Waals surface area contributed by atoms with Crippen LogP contribution in [0.25, 0.3) is 0 Å². The summed E-state index contributed by atoms with van der Waals surface area (Å²) in [6.07, 6.45) is 0.309. The van der Waals surface area contributed by atoms with Crippen molar-refractivity contribution in [2.24, 2.45) is 0 Å². The Morgan fingerprint density at radius 2 is 1.86 bits per heavy atom. The van der Waals surface area contributed by atoms with Crippen LogP contribution in [0.4, 0.5) is 4.79 Å². The van der Waals surface area contributed by atoms with E-state index in [0.29, 0.717) is 41.4 Å². The minimum absolute atomic E-state index is 0.101. The third-order valence-corrected chi connectivity index (χ3v) is 5.25. The molecule has 3 heterocycles. The van der Waals surface area contributed by atoms with Crippen LogP contribution in [-0.2, 0) is 10.3 Å². The van der Waals surface area contributed by atoms with Crippen LogP contribution < -0.4 is 19.5 Å². The second kappa shape index (κ2) is 5.98. The lowest BCUT2D eigenvalue weighted by atomic mass is 9.84. The molecule has 0 aliphatic carbocycles. The molecule has 0 aromatic heterocycles. The highest BCUT2D eigenvalue weighted by Crippen LogP contribution is 2.41. The molecular formula is C20H16N2O6. The van der Waals surface area contributed by atoms with Gasteiger partial charge < -0.3 is 19.5 Å². The molecule has 0 radical (unpaired) electrons. The van der Waals surface area contributed by atoms with Gasteiger partial charge in [0.1, 0.15) is 5.75 Å². The summed E-state index contributed by atoms with van der Waals surface area (Å²) < 4.78 is 16.1. The molecule has 0 saturated carbocycles. The van der Waals surface area contributed by atoms with Gasteiger partial charge in [0.25, 0.3) is 5.91 Å². The largest absolute Gasteiger partial charge is 0.493 e. The molecule has 142 valence electrons. The second-order valence-corrected chi connectivity index (χ2v) is 6.81. The first-order chi connectivity index (χ1) is 13.6. The molecule has 8 nitrogen and oxygen atoms in total. The van der Waals surface area contributed by atoms with Crippen molar-refractivity contribution in [3.63, 3.8) is 0 Å². The van der Waals surface area contributed by atoms with Crippen molar-refractivity contribution in [1.29, 1.82) is 0 Å². The van der Waals surface area contributed by atoms with Crippen LogP contribution in [0.5, 0.6) is 17.2 Å². The molecule has 1 saturated heterocycles. The van der Waals surface area contributed by atoms with Gasteiger partial charge in [0.15, 0.2) is 22.8 Å². The van der Waals surface area contributed by atoms with Gasteiger partial charge in [0.05, 0.1) is 13.2 Å². The molecule has 1 spiro atoms. The number of urea groups is 1.